The minimum Gasteiger partial charge on any atom is -0.314 e. The Morgan fingerprint density at radius 2 is 1.62 bits per heavy atom. The smallest absolute Gasteiger partial charge is 0.314 e. The zero-order valence-corrected chi connectivity index (χ0v) is 13.0. The Morgan fingerprint density at radius 1 is 1.10 bits per heavy atom. The Hall–Kier alpha value is -0.750. The second-order valence-corrected chi connectivity index (χ2v) is 4.59. The summed E-state index contributed by atoms with van der Waals surface area (Å²) >= 11 is 0. The molecule has 21 heavy (non-hydrogen) atoms. The molecule has 1 heterocycles. The van der Waals surface area contributed by atoms with Crippen LogP contribution in [0.5, 0.6) is 0 Å². The van der Waals surface area contributed by atoms with Crippen LogP contribution < -0.4 is 5.32 Å². The Labute approximate surface area is 135 Å². The van der Waals surface area contributed by atoms with Crippen LogP contribution in [-0.2, 0) is 6.18 Å². The molecular weight excluding hydrogens is 324 g/mol. The molecule has 7 heteroatoms. The van der Waals surface area contributed by atoms with Crippen molar-refractivity contribution in [1.29, 1.82) is 0 Å². The molecular formula is C14H19Cl2F3N2. The van der Waals surface area contributed by atoms with E-state index in [4.69, 9.17) is 0 Å². The topological polar surface area (TPSA) is 15.3 Å². The average molecular weight is 343 g/mol. The maximum atomic E-state index is 12.5. The standard InChI is InChI=1S/C14H17F3N2.2ClH/c1-2-13(19-9-7-18-8-10-19)11-3-5-12(6-4-11)14(15,16)17;;/h2-6,13,18H,1,7-10H2;2*1H/t13-;;/m1../s1. The first-order valence-corrected chi connectivity index (χ1v) is 6.27. The van der Waals surface area contributed by atoms with E-state index >= 15 is 0 Å². The van der Waals surface area contributed by atoms with E-state index in [0.717, 1.165) is 43.9 Å². The van der Waals surface area contributed by atoms with Gasteiger partial charge >= 0.3 is 6.18 Å². The van der Waals surface area contributed by atoms with Crippen LogP contribution in [0, 0.1) is 0 Å². The summed E-state index contributed by atoms with van der Waals surface area (Å²) in [6, 6.07) is 5.32. The molecule has 0 saturated carbocycles. The first-order valence-electron chi connectivity index (χ1n) is 6.27. The van der Waals surface area contributed by atoms with E-state index in [9.17, 15) is 13.2 Å². The van der Waals surface area contributed by atoms with Crippen LogP contribution in [-0.4, -0.2) is 31.1 Å². The van der Waals surface area contributed by atoms with E-state index in [2.05, 4.69) is 16.8 Å². The molecule has 1 aromatic rings. The van der Waals surface area contributed by atoms with Crippen LogP contribution >= 0.6 is 24.8 Å². The molecule has 0 aromatic heterocycles. The van der Waals surface area contributed by atoms with E-state index in [-0.39, 0.29) is 30.9 Å². The number of nitrogens with one attached hydrogen (secondary N) is 1. The number of hydrogen-bond donors (Lipinski definition) is 1. The van der Waals surface area contributed by atoms with Crippen molar-refractivity contribution < 1.29 is 13.2 Å². The van der Waals surface area contributed by atoms with Crippen LogP contribution in [0.2, 0.25) is 0 Å². The molecule has 0 spiro atoms. The lowest BCUT2D eigenvalue weighted by atomic mass is 10.0. The third-order valence-electron chi connectivity index (χ3n) is 3.35. The van der Waals surface area contributed by atoms with Crippen molar-refractivity contribution >= 4 is 24.8 Å². The van der Waals surface area contributed by atoms with Crippen LogP contribution in [0.15, 0.2) is 36.9 Å². The molecule has 1 N–H and O–H groups in total. The Morgan fingerprint density at radius 3 is 2.05 bits per heavy atom. The van der Waals surface area contributed by atoms with E-state index in [1.165, 1.54) is 12.1 Å². The number of rotatable bonds is 3. The van der Waals surface area contributed by atoms with Crippen molar-refractivity contribution in [1.82, 2.24) is 10.2 Å². The Balaban J connectivity index is 0.00000200. The van der Waals surface area contributed by atoms with Gasteiger partial charge in [-0.1, -0.05) is 18.2 Å². The van der Waals surface area contributed by atoms with Gasteiger partial charge in [-0.3, -0.25) is 4.90 Å². The predicted octanol–water partition coefficient (Wildman–Crippen LogP) is 3.68. The lowest BCUT2D eigenvalue weighted by Crippen LogP contribution is -2.44. The molecule has 0 radical (unpaired) electrons. The quantitative estimate of drug-likeness (QED) is 0.843. The van der Waals surface area contributed by atoms with Crippen molar-refractivity contribution in [3.8, 4) is 0 Å². The number of hydrogen-bond acceptors (Lipinski definition) is 2. The third kappa shape index (κ3) is 5.18. The fourth-order valence-corrected chi connectivity index (χ4v) is 2.33. The van der Waals surface area contributed by atoms with Crippen molar-refractivity contribution in [3.05, 3.63) is 48.0 Å². The minimum atomic E-state index is -4.28. The van der Waals surface area contributed by atoms with Crippen LogP contribution in [0.4, 0.5) is 13.2 Å². The lowest BCUT2D eigenvalue weighted by molar-refractivity contribution is -0.137. The largest absolute Gasteiger partial charge is 0.416 e. The second kappa shape index (κ2) is 8.63. The first kappa shape index (κ1) is 20.2. The molecule has 1 saturated heterocycles. The van der Waals surface area contributed by atoms with E-state index in [1.54, 1.807) is 6.08 Å². The number of nitrogens with zero attached hydrogens (tertiary/aromatic N) is 1. The van der Waals surface area contributed by atoms with Gasteiger partial charge in [0.1, 0.15) is 0 Å². The van der Waals surface area contributed by atoms with Gasteiger partial charge < -0.3 is 5.32 Å². The van der Waals surface area contributed by atoms with Gasteiger partial charge in [0.25, 0.3) is 0 Å². The normalized spacial score (nSPS) is 17.3. The highest BCUT2D eigenvalue weighted by Gasteiger charge is 2.30. The maximum absolute atomic E-state index is 12.5. The summed E-state index contributed by atoms with van der Waals surface area (Å²) in [6.07, 6.45) is -2.49. The number of halogens is 5. The summed E-state index contributed by atoms with van der Waals surface area (Å²) in [6.45, 7) is 7.33. The van der Waals surface area contributed by atoms with Gasteiger partial charge in [0.15, 0.2) is 0 Å². The molecule has 1 aliphatic heterocycles. The summed E-state index contributed by atoms with van der Waals surface area (Å²) in [5, 5.41) is 3.25. The molecule has 2 nitrogen and oxygen atoms in total. The number of benzene rings is 1. The molecule has 0 aliphatic carbocycles. The van der Waals surface area contributed by atoms with Gasteiger partial charge in [0.05, 0.1) is 11.6 Å². The average Bonchev–Trinajstić information content (AvgIpc) is 2.40. The van der Waals surface area contributed by atoms with Crippen LogP contribution in [0.1, 0.15) is 17.2 Å². The highest BCUT2D eigenvalue weighted by atomic mass is 35.5. The minimum absolute atomic E-state index is 0. The van der Waals surface area contributed by atoms with Crippen molar-refractivity contribution in [2.24, 2.45) is 0 Å². The maximum Gasteiger partial charge on any atom is 0.416 e. The third-order valence-corrected chi connectivity index (χ3v) is 3.35. The van der Waals surface area contributed by atoms with Crippen molar-refractivity contribution in [2.75, 3.05) is 26.2 Å². The van der Waals surface area contributed by atoms with Crippen LogP contribution in [0.3, 0.4) is 0 Å². The van der Waals surface area contributed by atoms with Gasteiger partial charge in [-0.05, 0) is 17.7 Å². The SMILES string of the molecule is C=C[C@H](c1ccc(C(F)(F)F)cc1)N1CCNCC1.Cl.Cl. The van der Waals surface area contributed by atoms with Gasteiger partial charge in [0.2, 0.25) is 0 Å². The predicted molar refractivity (Wildman–Crippen MR) is 83.3 cm³/mol. The summed E-state index contributed by atoms with van der Waals surface area (Å²) in [5.41, 5.74) is 0.240. The van der Waals surface area contributed by atoms with Gasteiger partial charge in [0, 0.05) is 26.2 Å². The van der Waals surface area contributed by atoms with Gasteiger partial charge in [-0.2, -0.15) is 13.2 Å². The van der Waals surface area contributed by atoms with Crippen molar-refractivity contribution in [3.63, 3.8) is 0 Å². The van der Waals surface area contributed by atoms with Crippen molar-refractivity contribution in [2.45, 2.75) is 12.2 Å². The van der Waals surface area contributed by atoms with E-state index in [0.29, 0.717) is 0 Å². The summed E-state index contributed by atoms with van der Waals surface area (Å²) in [4.78, 5) is 2.21. The highest BCUT2D eigenvalue weighted by Crippen LogP contribution is 2.31. The Kier molecular flexibility index (Phi) is 8.33. The van der Waals surface area contributed by atoms with Gasteiger partial charge in [-0.25, -0.2) is 0 Å². The van der Waals surface area contributed by atoms with Crippen LogP contribution in [0.25, 0.3) is 0 Å². The summed E-state index contributed by atoms with van der Waals surface area (Å²) < 4.78 is 37.6. The molecule has 1 aliphatic rings. The summed E-state index contributed by atoms with van der Waals surface area (Å²) in [5.74, 6) is 0. The molecule has 1 fully saturated rings. The fraction of sp³-hybridized carbons (Fsp3) is 0.429. The lowest BCUT2D eigenvalue weighted by Gasteiger charge is -2.33. The second-order valence-electron chi connectivity index (χ2n) is 4.59. The van der Waals surface area contributed by atoms with E-state index in [1.807, 2.05) is 0 Å². The highest BCUT2D eigenvalue weighted by molar-refractivity contribution is 5.85. The molecule has 0 amide bonds. The first-order chi connectivity index (χ1) is 9.02. The number of piperazine rings is 1. The molecule has 120 valence electrons. The Bertz CT molecular complexity index is 429. The molecule has 1 atom stereocenters. The fourth-order valence-electron chi connectivity index (χ4n) is 2.33. The molecule has 0 bridgehead atoms. The molecule has 2 rings (SSSR count). The van der Waals surface area contributed by atoms with E-state index < -0.39 is 11.7 Å². The zero-order chi connectivity index (χ0) is 13.9. The zero-order valence-electron chi connectivity index (χ0n) is 11.4. The summed E-state index contributed by atoms with van der Waals surface area (Å²) in [7, 11) is 0. The van der Waals surface area contributed by atoms with Gasteiger partial charge in [-0.15, -0.1) is 31.4 Å². The molecule has 1 aromatic carbocycles. The number of alkyl halides is 3. The molecule has 0 unspecified atom stereocenters. The monoisotopic (exact) mass is 342 g/mol.